The summed E-state index contributed by atoms with van der Waals surface area (Å²) < 4.78 is 4.96. The summed E-state index contributed by atoms with van der Waals surface area (Å²) in [6.07, 6.45) is 2.36. The lowest BCUT2D eigenvalue weighted by Crippen LogP contribution is -2.49. The molecular formula is C11H24N4O. The van der Waals surface area contributed by atoms with Crippen LogP contribution < -0.4 is 11.3 Å². The summed E-state index contributed by atoms with van der Waals surface area (Å²) in [4.78, 5) is 6.59. The Morgan fingerprint density at radius 1 is 1.44 bits per heavy atom. The monoisotopic (exact) mass is 228 g/mol. The van der Waals surface area contributed by atoms with Gasteiger partial charge in [-0.2, -0.15) is 0 Å². The summed E-state index contributed by atoms with van der Waals surface area (Å²) in [6, 6.07) is 0. The lowest BCUT2D eigenvalue weighted by Gasteiger charge is -2.38. The van der Waals surface area contributed by atoms with Gasteiger partial charge in [-0.1, -0.05) is 13.8 Å². The molecule has 0 aromatic rings. The van der Waals surface area contributed by atoms with E-state index in [0.29, 0.717) is 18.6 Å². The van der Waals surface area contributed by atoms with Gasteiger partial charge in [-0.15, -0.1) is 0 Å². The van der Waals surface area contributed by atoms with Crippen LogP contribution in [0.2, 0.25) is 0 Å². The topological polar surface area (TPSA) is 62.9 Å². The highest BCUT2D eigenvalue weighted by molar-refractivity contribution is 5.79. The smallest absolute Gasteiger partial charge is 0.208 e. The summed E-state index contributed by atoms with van der Waals surface area (Å²) in [5.74, 6) is 6.27. The van der Waals surface area contributed by atoms with Gasteiger partial charge in [0, 0.05) is 20.2 Å². The van der Waals surface area contributed by atoms with Crippen LogP contribution in [-0.2, 0) is 4.74 Å². The van der Waals surface area contributed by atoms with Crippen LogP contribution in [0.15, 0.2) is 4.99 Å². The van der Waals surface area contributed by atoms with Gasteiger partial charge in [0.05, 0.1) is 13.2 Å². The van der Waals surface area contributed by atoms with Crippen LogP contribution in [0.25, 0.3) is 0 Å². The van der Waals surface area contributed by atoms with Gasteiger partial charge >= 0.3 is 0 Å². The standard InChI is InChI=1S/C11H24N4O/c1-11(2)4-7-15(8-5-11)10(14-12)13-6-9-16-3/h4-9,12H2,1-3H3,(H,13,14). The van der Waals surface area contributed by atoms with Crippen molar-refractivity contribution in [2.24, 2.45) is 16.3 Å². The van der Waals surface area contributed by atoms with Gasteiger partial charge in [0.15, 0.2) is 0 Å². The van der Waals surface area contributed by atoms with Crippen LogP contribution in [-0.4, -0.2) is 44.2 Å². The highest BCUT2D eigenvalue weighted by Crippen LogP contribution is 2.29. The lowest BCUT2D eigenvalue weighted by molar-refractivity contribution is 0.183. The minimum absolute atomic E-state index is 0.447. The van der Waals surface area contributed by atoms with Crippen molar-refractivity contribution in [3.05, 3.63) is 0 Å². The zero-order chi connectivity index (χ0) is 12.0. The molecule has 0 amide bonds. The van der Waals surface area contributed by atoms with Crippen LogP contribution >= 0.6 is 0 Å². The summed E-state index contributed by atoms with van der Waals surface area (Å²) in [5, 5.41) is 0. The molecular weight excluding hydrogens is 204 g/mol. The highest BCUT2D eigenvalue weighted by atomic mass is 16.5. The second kappa shape index (κ2) is 6.06. The first-order chi connectivity index (χ1) is 7.59. The molecule has 94 valence electrons. The molecule has 0 saturated carbocycles. The number of ether oxygens (including phenoxy) is 1. The van der Waals surface area contributed by atoms with Gasteiger partial charge in [0.2, 0.25) is 5.96 Å². The third-order valence-electron chi connectivity index (χ3n) is 3.10. The normalized spacial score (nSPS) is 21.0. The highest BCUT2D eigenvalue weighted by Gasteiger charge is 2.26. The molecule has 0 spiro atoms. The third kappa shape index (κ3) is 3.98. The molecule has 0 unspecified atom stereocenters. The van der Waals surface area contributed by atoms with Gasteiger partial charge in [0.1, 0.15) is 0 Å². The van der Waals surface area contributed by atoms with Crippen LogP contribution in [0.3, 0.4) is 0 Å². The zero-order valence-corrected chi connectivity index (χ0v) is 10.6. The molecule has 16 heavy (non-hydrogen) atoms. The van der Waals surface area contributed by atoms with Crippen molar-refractivity contribution in [3.8, 4) is 0 Å². The lowest BCUT2D eigenvalue weighted by atomic mass is 9.83. The summed E-state index contributed by atoms with van der Waals surface area (Å²) in [5.41, 5.74) is 3.13. The number of methoxy groups -OCH3 is 1. The first-order valence-corrected chi connectivity index (χ1v) is 5.84. The number of nitrogens with zero attached hydrogens (tertiary/aromatic N) is 2. The molecule has 0 aromatic carbocycles. The van der Waals surface area contributed by atoms with E-state index in [2.05, 4.69) is 29.2 Å². The van der Waals surface area contributed by atoms with Crippen molar-refractivity contribution in [1.29, 1.82) is 0 Å². The maximum atomic E-state index is 5.49. The molecule has 1 fully saturated rings. The number of nitrogens with two attached hydrogens (primary N) is 1. The minimum Gasteiger partial charge on any atom is -0.383 e. The molecule has 1 aliphatic rings. The van der Waals surface area contributed by atoms with Gasteiger partial charge in [-0.25, -0.2) is 10.8 Å². The first-order valence-electron chi connectivity index (χ1n) is 5.84. The van der Waals surface area contributed by atoms with E-state index in [9.17, 15) is 0 Å². The Morgan fingerprint density at radius 3 is 2.56 bits per heavy atom. The molecule has 0 atom stereocenters. The molecule has 1 saturated heterocycles. The summed E-state index contributed by atoms with van der Waals surface area (Å²) >= 11 is 0. The fourth-order valence-corrected chi connectivity index (χ4v) is 1.80. The van der Waals surface area contributed by atoms with Crippen molar-refractivity contribution in [1.82, 2.24) is 10.3 Å². The van der Waals surface area contributed by atoms with Crippen LogP contribution in [0, 0.1) is 5.41 Å². The van der Waals surface area contributed by atoms with Gasteiger partial charge in [0.25, 0.3) is 0 Å². The Kier molecular flexibility index (Phi) is 5.02. The van der Waals surface area contributed by atoms with Gasteiger partial charge < -0.3 is 9.64 Å². The Bertz CT molecular complexity index is 230. The fraction of sp³-hybridized carbons (Fsp3) is 0.909. The molecule has 0 radical (unpaired) electrons. The van der Waals surface area contributed by atoms with Crippen molar-refractivity contribution in [3.63, 3.8) is 0 Å². The van der Waals surface area contributed by atoms with Crippen molar-refractivity contribution in [2.45, 2.75) is 26.7 Å². The minimum atomic E-state index is 0.447. The number of aliphatic imine (C=N–C) groups is 1. The number of hydrogen-bond acceptors (Lipinski definition) is 3. The van der Waals surface area contributed by atoms with Gasteiger partial charge in [-0.05, 0) is 18.3 Å². The molecule has 0 aromatic heterocycles. The van der Waals surface area contributed by atoms with E-state index in [4.69, 9.17) is 10.6 Å². The summed E-state index contributed by atoms with van der Waals surface area (Å²) in [6.45, 7) is 7.93. The predicted molar refractivity (Wildman–Crippen MR) is 66.1 cm³/mol. The van der Waals surface area contributed by atoms with E-state index >= 15 is 0 Å². The van der Waals surface area contributed by atoms with E-state index in [1.807, 2.05) is 0 Å². The number of rotatable bonds is 3. The number of nitrogens with one attached hydrogen (secondary N) is 1. The molecule has 3 N–H and O–H groups in total. The fourth-order valence-electron chi connectivity index (χ4n) is 1.80. The maximum Gasteiger partial charge on any atom is 0.208 e. The largest absolute Gasteiger partial charge is 0.383 e. The molecule has 1 aliphatic heterocycles. The van der Waals surface area contributed by atoms with Crippen LogP contribution in [0.5, 0.6) is 0 Å². The van der Waals surface area contributed by atoms with Crippen LogP contribution in [0.4, 0.5) is 0 Å². The Labute approximate surface area is 98.0 Å². The maximum absolute atomic E-state index is 5.49. The third-order valence-corrected chi connectivity index (χ3v) is 3.10. The van der Waals surface area contributed by atoms with Gasteiger partial charge in [-0.3, -0.25) is 5.43 Å². The zero-order valence-electron chi connectivity index (χ0n) is 10.6. The van der Waals surface area contributed by atoms with E-state index in [1.165, 1.54) is 12.8 Å². The van der Waals surface area contributed by atoms with E-state index in [-0.39, 0.29) is 0 Å². The number of hydrogen-bond donors (Lipinski definition) is 2. The quantitative estimate of drug-likeness (QED) is 0.244. The van der Waals surface area contributed by atoms with Crippen molar-refractivity contribution in [2.75, 3.05) is 33.4 Å². The molecule has 0 aliphatic carbocycles. The molecule has 0 bridgehead atoms. The first kappa shape index (κ1) is 13.3. The second-order valence-corrected chi connectivity index (χ2v) is 4.99. The Balaban J connectivity index is 2.45. The number of hydrazine groups is 1. The van der Waals surface area contributed by atoms with Crippen LogP contribution in [0.1, 0.15) is 26.7 Å². The average Bonchev–Trinajstić information content (AvgIpc) is 2.25. The van der Waals surface area contributed by atoms with E-state index in [0.717, 1.165) is 19.0 Å². The predicted octanol–water partition coefficient (Wildman–Crippen LogP) is 0.574. The number of likely N-dealkylation sites (tertiary alicyclic amines) is 1. The molecule has 5 heteroatoms. The van der Waals surface area contributed by atoms with Crippen molar-refractivity contribution < 1.29 is 4.74 Å². The van der Waals surface area contributed by atoms with E-state index in [1.54, 1.807) is 7.11 Å². The Morgan fingerprint density at radius 2 is 2.06 bits per heavy atom. The SMILES string of the molecule is COCCN=C(NN)N1CCC(C)(C)CC1. The van der Waals surface area contributed by atoms with E-state index < -0.39 is 0 Å². The molecule has 1 rings (SSSR count). The summed E-state index contributed by atoms with van der Waals surface area (Å²) in [7, 11) is 1.68. The number of guanidine groups is 1. The average molecular weight is 228 g/mol. The Hall–Kier alpha value is -0.810. The number of piperidine rings is 1. The van der Waals surface area contributed by atoms with Crippen molar-refractivity contribution >= 4 is 5.96 Å². The second-order valence-electron chi connectivity index (χ2n) is 4.99. The molecule has 5 nitrogen and oxygen atoms in total. The molecule has 1 heterocycles.